The molecule has 0 aliphatic carbocycles. The molecular formula is C16H28O4. The van der Waals surface area contributed by atoms with Gasteiger partial charge in [0.25, 0.3) is 0 Å². The van der Waals surface area contributed by atoms with Crippen LogP contribution in [0.3, 0.4) is 0 Å². The van der Waals surface area contributed by atoms with E-state index in [-0.39, 0.29) is 6.42 Å². The molecule has 2 unspecified atom stereocenters. The highest BCUT2D eigenvalue weighted by molar-refractivity contribution is 5.77. The Bertz CT molecular complexity index is 310. The van der Waals surface area contributed by atoms with E-state index < -0.39 is 17.9 Å². The van der Waals surface area contributed by atoms with Crippen LogP contribution in [0.5, 0.6) is 0 Å². The molecule has 2 atom stereocenters. The summed E-state index contributed by atoms with van der Waals surface area (Å²) in [5, 5.41) is 17.6. The zero-order chi connectivity index (χ0) is 15.4. The second kappa shape index (κ2) is 11.5. The maximum atomic E-state index is 10.9. The van der Waals surface area contributed by atoms with E-state index in [1.807, 2.05) is 12.2 Å². The first-order chi connectivity index (χ1) is 9.47. The third kappa shape index (κ3) is 10.6. The molecule has 0 aromatic carbocycles. The molecule has 2 N–H and O–H groups in total. The van der Waals surface area contributed by atoms with Gasteiger partial charge in [-0.3, -0.25) is 9.59 Å². The molecule has 0 rings (SSSR count). The number of carboxylic acid groups (broad SMARTS) is 2. The van der Waals surface area contributed by atoms with Crippen LogP contribution in [0.15, 0.2) is 12.2 Å². The summed E-state index contributed by atoms with van der Waals surface area (Å²) in [6.07, 6.45) is 11.2. The predicted molar refractivity (Wildman–Crippen MR) is 79.7 cm³/mol. The molecule has 0 aromatic rings. The molecule has 0 saturated heterocycles. The Hall–Kier alpha value is -1.32. The van der Waals surface area contributed by atoms with E-state index in [4.69, 9.17) is 10.2 Å². The number of hydrogen-bond acceptors (Lipinski definition) is 2. The maximum absolute atomic E-state index is 10.9. The molecule has 0 aliphatic rings. The summed E-state index contributed by atoms with van der Waals surface area (Å²) in [5.41, 5.74) is 0. The number of hydrogen-bond donors (Lipinski definition) is 2. The Morgan fingerprint density at radius 1 is 1.10 bits per heavy atom. The molecule has 0 aromatic heterocycles. The minimum Gasteiger partial charge on any atom is -0.481 e. The van der Waals surface area contributed by atoms with Crippen LogP contribution in [0, 0.1) is 11.8 Å². The molecule has 0 radical (unpaired) electrons. The fourth-order valence-electron chi connectivity index (χ4n) is 2.12. The first-order valence-electron chi connectivity index (χ1n) is 7.58. The molecule has 0 aliphatic heterocycles. The van der Waals surface area contributed by atoms with Gasteiger partial charge in [-0.1, -0.05) is 58.1 Å². The quantitative estimate of drug-likeness (QED) is 0.418. The van der Waals surface area contributed by atoms with Crippen molar-refractivity contribution in [3.8, 4) is 0 Å². The van der Waals surface area contributed by atoms with Crippen LogP contribution in [0.25, 0.3) is 0 Å². The molecule has 0 fully saturated rings. The average molecular weight is 284 g/mol. The highest BCUT2D eigenvalue weighted by Crippen LogP contribution is 2.15. The van der Waals surface area contributed by atoms with E-state index in [1.165, 1.54) is 32.1 Å². The van der Waals surface area contributed by atoms with Crippen molar-refractivity contribution in [1.82, 2.24) is 0 Å². The van der Waals surface area contributed by atoms with Crippen LogP contribution < -0.4 is 0 Å². The Morgan fingerprint density at radius 3 is 2.30 bits per heavy atom. The number of allylic oxidation sites excluding steroid dienone is 2. The maximum Gasteiger partial charge on any atom is 0.307 e. The first kappa shape index (κ1) is 18.7. The van der Waals surface area contributed by atoms with Crippen LogP contribution in [0.1, 0.15) is 65.2 Å². The molecular weight excluding hydrogens is 256 g/mol. The lowest BCUT2D eigenvalue weighted by Gasteiger charge is -2.08. The van der Waals surface area contributed by atoms with E-state index in [0.29, 0.717) is 12.3 Å². The minimum atomic E-state index is -1.06. The van der Waals surface area contributed by atoms with Crippen molar-refractivity contribution in [3.05, 3.63) is 12.2 Å². The van der Waals surface area contributed by atoms with Gasteiger partial charge in [-0.25, -0.2) is 0 Å². The summed E-state index contributed by atoms with van der Waals surface area (Å²) in [6.45, 7) is 4.31. The van der Waals surface area contributed by atoms with Crippen molar-refractivity contribution in [2.45, 2.75) is 65.2 Å². The predicted octanol–water partition coefficient (Wildman–Crippen LogP) is 4.10. The van der Waals surface area contributed by atoms with Crippen LogP contribution in [0.2, 0.25) is 0 Å². The van der Waals surface area contributed by atoms with Gasteiger partial charge in [0.05, 0.1) is 12.3 Å². The Balaban J connectivity index is 3.89. The Morgan fingerprint density at radius 2 is 1.75 bits per heavy atom. The van der Waals surface area contributed by atoms with Crippen LogP contribution >= 0.6 is 0 Å². The van der Waals surface area contributed by atoms with Gasteiger partial charge in [0, 0.05) is 0 Å². The van der Waals surface area contributed by atoms with Crippen molar-refractivity contribution in [1.29, 1.82) is 0 Å². The summed E-state index contributed by atoms with van der Waals surface area (Å²) < 4.78 is 0. The summed E-state index contributed by atoms with van der Waals surface area (Å²) in [4.78, 5) is 21.4. The minimum absolute atomic E-state index is 0.293. The van der Waals surface area contributed by atoms with E-state index in [9.17, 15) is 9.59 Å². The second-order valence-electron chi connectivity index (χ2n) is 5.48. The highest BCUT2D eigenvalue weighted by Gasteiger charge is 2.19. The number of aliphatic carboxylic acids is 2. The lowest BCUT2D eigenvalue weighted by Crippen LogP contribution is -2.17. The molecule has 0 spiro atoms. The summed E-state index contributed by atoms with van der Waals surface area (Å²) in [7, 11) is 0. The smallest absolute Gasteiger partial charge is 0.307 e. The molecule has 0 bridgehead atoms. The zero-order valence-corrected chi connectivity index (χ0v) is 12.7. The molecule has 4 nitrogen and oxygen atoms in total. The third-order valence-corrected chi connectivity index (χ3v) is 3.42. The van der Waals surface area contributed by atoms with Crippen LogP contribution in [-0.2, 0) is 9.59 Å². The van der Waals surface area contributed by atoms with Crippen molar-refractivity contribution in [2.75, 3.05) is 0 Å². The van der Waals surface area contributed by atoms with Crippen molar-refractivity contribution >= 4 is 11.9 Å². The molecule has 0 heterocycles. The van der Waals surface area contributed by atoms with Gasteiger partial charge in [-0.2, -0.15) is 0 Å². The lowest BCUT2D eigenvalue weighted by molar-refractivity contribution is -0.148. The molecule has 4 heteroatoms. The SMILES string of the molecule is CCCCCCCC(C)/C=C\CC(CC(=O)O)C(=O)O. The van der Waals surface area contributed by atoms with E-state index in [1.54, 1.807) is 0 Å². The van der Waals surface area contributed by atoms with Gasteiger partial charge < -0.3 is 10.2 Å². The Kier molecular flexibility index (Phi) is 10.7. The van der Waals surface area contributed by atoms with Gasteiger partial charge >= 0.3 is 11.9 Å². The molecule has 0 amide bonds. The topological polar surface area (TPSA) is 74.6 Å². The Labute approximate surface area is 121 Å². The normalized spacial score (nSPS) is 14.3. The van der Waals surface area contributed by atoms with Gasteiger partial charge in [-0.15, -0.1) is 0 Å². The van der Waals surface area contributed by atoms with Gasteiger partial charge in [-0.05, 0) is 18.8 Å². The number of carbonyl (C=O) groups is 2. The van der Waals surface area contributed by atoms with E-state index >= 15 is 0 Å². The van der Waals surface area contributed by atoms with Crippen molar-refractivity contribution in [3.63, 3.8) is 0 Å². The van der Waals surface area contributed by atoms with E-state index in [2.05, 4.69) is 13.8 Å². The summed E-state index contributed by atoms with van der Waals surface area (Å²) in [6, 6.07) is 0. The van der Waals surface area contributed by atoms with Gasteiger partial charge in [0.15, 0.2) is 0 Å². The number of unbranched alkanes of at least 4 members (excludes halogenated alkanes) is 4. The van der Waals surface area contributed by atoms with Crippen LogP contribution in [-0.4, -0.2) is 22.2 Å². The molecule has 0 saturated carbocycles. The standard InChI is InChI=1S/C16H28O4/c1-3-4-5-6-7-9-13(2)10-8-11-14(16(19)20)12-15(17)18/h8,10,13-14H,3-7,9,11-12H2,1-2H3,(H,17,18)(H,19,20)/b10-8-. The van der Waals surface area contributed by atoms with E-state index in [0.717, 1.165) is 6.42 Å². The molecule has 20 heavy (non-hydrogen) atoms. The van der Waals surface area contributed by atoms with Gasteiger partial charge in [0.1, 0.15) is 0 Å². The number of rotatable bonds is 12. The first-order valence-corrected chi connectivity index (χ1v) is 7.58. The summed E-state index contributed by atoms with van der Waals surface area (Å²) >= 11 is 0. The monoisotopic (exact) mass is 284 g/mol. The zero-order valence-electron chi connectivity index (χ0n) is 12.7. The van der Waals surface area contributed by atoms with Crippen molar-refractivity contribution in [2.24, 2.45) is 11.8 Å². The van der Waals surface area contributed by atoms with Crippen LogP contribution in [0.4, 0.5) is 0 Å². The fraction of sp³-hybridized carbons (Fsp3) is 0.750. The summed E-state index contributed by atoms with van der Waals surface area (Å²) in [5.74, 6) is -2.49. The number of carboxylic acids is 2. The molecule has 116 valence electrons. The average Bonchev–Trinajstić information content (AvgIpc) is 2.36. The fourth-order valence-corrected chi connectivity index (χ4v) is 2.12. The van der Waals surface area contributed by atoms with Crippen molar-refractivity contribution < 1.29 is 19.8 Å². The lowest BCUT2D eigenvalue weighted by atomic mass is 9.98. The van der Waals surface area contributed by atoms with Gasteiger partial charge in [0.2, 0.25) is 0 Å². The third-order valence-electron chi connectivity index (χ3n) is 3.42. The second-order valence-corrected chi connectivity index (χ2v) is 5.48. The largest absolute Gasteiger partial charge is 0.481 e. The highest BCUT2D eigenvalue weighted by atomic mass is 16.4.